The van der Waals surface area contributed by atoms with Crippen LogP contribution in [0.1, 0.15) is 22.0 Å². The van der Waals surface area contributed by atoms with E-state index in [0.29, 0.717) is 23.6 Å². The zero-order valence-electron chi connectivity index (χ0n) is 16.1. The molecule has 1 atom stereocenters. The molecular formula is C20H27N3O3S. The molecule has 27 heavy (non-hydrogen) atoms. The van der Waals surface area contributed by atoms with Crippen molar-refractivity contribution in [3.05, 3.63) is 46.2 Å². The Bertz CT molecular complexity index is 721. The summed E-state index contributed by atoms with van der Waals surface area (Å²) in [4.78, 5) is 17.5. The van der Waals surface area contributed by atoms with Gasteiger partial charge >= 0.3 is 0 Å². The Labute approximate surface area is 164 Å². The second-order valence-corrected chi connectivity index (χ2v) is 7.50. The van der Waals surface area contributed by atoms with Crippen molar-refractivity contribution in [3.63, 3.8) is 0 Å². The molecule has 1 aliphatic rings. The van der Waals surface area contributed by atoms with E-state index in [9.17, 15) is 4.79 Å². The summed E-state index contributed by atoms with van der Waals surface area (Å²) in [6.07, 6.45) is 0. The molecule has 7 heteroatoms. The summed E-state index contributed by atoms with van der Waals surface area (Å²) in [5, 5.41) is 7.36. The van der Waals surface area contributed by atoms with Crippen molar-refractivity contribution in [1.82, 2.24) is 15.1 Å². The van der Waals surface area contributed by atoms with Crippen LogP contribution in [-0.2, 0) is 0 Å². The minimum absolute atomic E-state index is 0.124. The fourth-order valence-electron chi connectivity index (χ4n) is 3.29. The maximum absolute atomic E-state index is 12.7. The molecule has 0 saturated carbocycles. The molecule has 146 valence electrons. The normalized spacial score (nSPS) is 16.7. The Hall–Kier alpha value is -2.09. The van der Waals surface area contributed by atoms with E-state index in [1.807, 2.05) is 0 Å². The molecule has 1 fully saturated rings. The van der Waals surface area contributed by atoms with Gasteiger partial charge in [-0.3, -0.25) is 9.69 Å². The van der Waals surface area contributed by atoms with E-state index < -0.39 is 0 Å². The summed E-state index contributed by atoms with van der Waals surface area (Å²) in [6.45, 7) is 4.65. The van der Waals surface area contributed by atoms with Crippen molar-refractivity contribution < 1.29 is 14.3 Å². The third-order valence-corrected chi connectivity index (χ3v) is 5.68. The number of likely N-dealkylation sites (N-methyl/N-ethyl adjacent to an activating group) is 1. The Morgan fingerprint density at radius 2 is 1.81 bits per heavy atom. The molecule has 0 bridgehead atoms. The lowest BCUT2D eigenvalue weighted by Crippen LogP contribution is -2.48. The first-order chi connectivity index (χ1) is 13.1. The zero-order chi connectivity index (χ0) is 19.2. The summed E-state index contributed by atoms with van der Waals surface area (Å²) in [6, 6.07) is 7.55. The first-order valence-corrected chi connectivity index (χ1v) is 10.0. The van der Waals surface area contributed by atoms with Crippen LogP contribution in [0.15, 0.2) is 35.0 Å². The van der Waals surface area contributed by atoms with Gasteiger partial charge in [0.05, 0.1) is 20.3 Å². The molecule has 0 unspecified atom stereocenters. The van der Waals surface area contributed by atoms with Gasteiger partial charge in [0, 0.05) is 44.4 Å². The van der Waals surface area contributed by atoms with Crippen LogP contribution >= 0.6 is 11.3 Å². The topological polar surface area (TPSA) is 54.0 Å². The first-order valence-electron chi connectivity index (χ1n) is 9.06. The number of hydrogen-bond donors (Lipinski definition) is 1. The Morgan fingerprint density at radius 1 is 1.15 bits per heavy atom. The van der Waals surface area contributed by atoms with E-state index in [1.165, 1.54) is 5.56 Å². The number of ether oxygens (including phenoxy) is 2. The first kappa shape index (κ1) is 19.7. The molecule has 1 N–H and O–H groups in total. The molecule has 1 saturated heterocycles. The maximum atomic E-state index is 12.7. The number of nitrogens with zero attached hydrogens (tertiary/aromatic N) is 2. The summed E-state index contributed by atoms with van der Waals surface area (Å²) in [5.74, 6) is 1.09. The number of thiophene rings is 1. The number of carbonyl (C=O) groups is 1. The average Bonchev–Trinajstić information content (AvgIpc) is 3.23. The van der Waals surface area contributed by atoms with E-state index in [4.69, 9.17) is 9.47 Å². The van der Waals surface area contributed by atoms with Crippen molar-refractivity contribution >= 4 is 17.2 Å². The van der Waals surface area contributed by atoms with Gasteiger partial charge in [0.1, 0.15) is 11.5 Å². The maximum Gasteiger partial charge on any atom is 0.251 e. The number of piperazine rings is 1. The van der Waals surface area contributed by atoms with Crippen LogP contribution in [-0.4, -0.2) is 69.7 Å². The summed E-state index contributed by atoms with van der Waals surface area (Å²) < 4.78 is 10.5. The highest BCUT2D eigenvalue weighted by molar-refractivity contribution is 7.07. The number of amides is 1. The molecule has 1 amide bonds. The largest absolute Gasteiger partial charge is 0.497 e. The summed E-state index contributed by atoms with van der Waals surface area (Å²) in [5.41, 5.74) is 1.79. The van der Waals surface area contributed by atoms with Gasteiger partial charge in [0.25, 0.3) is 5.91 Å². The van der Waals surface area contributed by atoms with Crippen LogP contribution < -0.4 is 14.8 Å². The predicted octanol–water partition coefficient (Wildman–Crippen LogP) is 2.48. The van der Waals surface area contributed by atoms with Crippen LogP contribution in [0.2, 0.25) is 0 Å². The van der Waals surface area contributed by atoms with Crippen LogP contribution in [0.25, 0.3) is 0 Å². The van der Waals surface area contributed by atoms with Crippen LogP contribution in [0.4, 0.5) is 0 Å². The van der Waals surface area contributed by atoms with Gasteiger partial charge in [0.15, 0.2) is 0 Å². The SMILES string of the molecule is COc1cc(OC)cc(C(=O)NC[C@@H](c2ccsc2)N2CCN(C)CC2)c1. The lowest BCUT2D eigenvalue weighted by Gasteiger charge is -2.38. The van der Waals surface area contributed by atoms with E-state index in [2.05, 4.69) is 39.0 Å². The van der Waals surface area contributed by atoms with Gasteiger partial charge in [-0.2, -0.15) is 11.3 Å². The summed E-state index contributed by atoms with van der Waals surface area (Å²) >= 11 is 1.69. The number of nitrogens with one attached hydrogen (secondary N) is 1. The highest BCUT2D eigenvalue weighted by Crippen LogP contribution is 2.25. The van der Waals surface area contributed by atoms with Gasteiger partial charge in [-0.15, -0.1) is 0 Å². The fraction of sp³-hybridized carbons (Fsp3) is 0.450. The predicted molar refractivity (Wildman–Crippen MR) is 108 cm³/mol. The van der Waals surface area contributed by atoms with Gasteiger partial charge in [-0.05, 0) is 41.6 Å². The Kier molecular flexibility index (Phi) is 6.71. The number of carbonyl (C=O) groups excluding carboxylic acids is 1. The van der Waals surface area contributed by atoms with Crippen LogP contribution in [0.5, 0.6) is 11.5 Å². The third-order valence-electron chi connectivity index (χ3n) is 4.98. The minimum Gasteiger partial charge on any atom is -0.497 e. The standard InChI is InChI=1S/C20H27N3O3S/c1-22-5-7-23(8-6-22)19(15-4-9-27-14-15)13-21-20(24)16-10-17(25-2)12-18(11-16)26-3/h4,9-12,14,19H,5-8,13H2,1-3H3,(H,21,24)/t19-/m0/s1. The molecule has 0 spiro atoms. The van der Waals surface area contributed by atoms with Crippen molar-refractivity contribution in [3.8, 4) is 11.5 Å². The van der Waals surface area contributed by atoms with Gasteiger partial charge < -0.3 is 19.7 Å². The number of benzene rings is 1. The molecule has 6 nitrogen and oxygen atoms in total. The second kappa shape index (κ2) is 9.21. The van der Waals surface area contributed by atoms with E-state index in [-0.39, 0.29) is 11.9 Å². The van der Waals surface area contributed by atoms with Crippen molar-refractivity contribution in [1.29, 1.82) is 0 Å². The van der Waals surface area contributed by atoms with Crippen LogP contribution in [0.3, 0.4) is 0 Å². The molecule has 0 aliphatic carbocycles. The molecule has 1 aliphatic heterocycles. The van der Waals surface area contributed by atoms with E-state index in [0.717, 1.165) is 26.2 Å². The van der Waals surface area contributed by atoms with Crippen LogP contribution in [0, 0.1) is 0 Å². The monoisotopic (exact) mass is 389 g/mol. The molecule has 1 aromatic carbocycles. The second-order valence-electron chi connectivity index (χ2n) is 6.72. The molecule has 3 rings (SSSR count). The smallest absolute Gasteiger partial charge is 0.251 e. The minimum atomic E-state index is -0.124. The Balaban J connectivity index is 1.71. The van der Waals surface area contributed by atoms with E-state index >= 15 is 0 Å². The number of hydrogen-bond acceptors (Lipinski definition) is 6. The molecular weight excluding hydrogens is 362 g/mol. The lowest BCUT2D eigenvalue weighted by atomic mass is 10.1. The summed E-state index contributed by atoms with van der Waals surface area (Å²) in [7, 11) is 5.31. The highest BCUT2D eigenvalue weighted by Gasteiger charge is 2.25. The van der Waals surface area contributed by atoms with Gasteiger partial charge in [-0.1, -0.05) is 0 Å². The molecule has 2 aromatic rings. The average molecular weight is 390 g/mol. The highest BCUT2D eigenvalue weighted by atomic mass is 32.1. The van der Waals surface area contributed by atoms with Gasteiger partial charge in [-0.25, -0.2) is 0 Å². The fourth-order valence-corrected chi connectivity index (χ4v) is 3.99. The molecule has 2 heterocycles. The quantitative estimate of drug-likeness (QED) is 0.789. The number of rotatable bonds is 7. The zero-order valence-corrected chi connectivity index (χ0v) is 16.9. The Morgan fingerprint density at radius 3 is 2.37 bits per heavy atom. The van der Waals surface area contributed by atoms with E-state index in [1.54, 1.807) is 43.8 Å². The van der Waals surface area contributed by atoms with Crippen molar-refractivity contribution in [2.24, 2.45) is 0 Å². The third kappa shape index (κ3) is 5.00. The number of methoxy groups -OCH3 is 2. The lowest BCUT2D eigenvalue weighted by molar-refractivity contribution is 0.0886. The van der Waals surface area contributed by atoms with Crippen molar-refractivity contribution in [2.45, 2.75) is 6.04 Å². The van der Waals surface area contributed by atoms with Crippen molar-refractivity contribution in [2.75, 3.05) is 54.0 Å². The molecule has 1 aromatic heterocycles. The molecule has 0 radical (unpaired) electrons. The van der Waals surface area contributed by atoms with Gasteiger partial charge in [0.2, 0.25) is 0 Å².